The lowest BCUT2D eigenvalue weighted by Crippen LogP contribution is -2.50. The van der Waals surface area contributed by atoms with Crippen molar-refractivity contribution in [3.8, 4) is 5.75 Å². The summed E-state index contributed by atoms with van der Waals surface area (Å²) in [6.45, 7) is 14.5. The maximum absolute atomic E-state index is 14.6. The van der Waals surface area contributed by atoms with Gasteiger partial charge < -0.3 is 9.33 Å². The highest BCUT2D eigenvalue weighted by atomic mass is 28.4. The number of hydrogen-bond acceptors (Lipinski definition) is 2. The van der Waals surface area contributed by atoms with Crippen molar-refractivity contribution < 1.29 is 13.6 Å². The molecule has 0 aliphatic rings. The zero-order valence-corrected chi connectivity index (χ0v) is 16.6. The number of benzene rings is 1. The molecule has 0 aliphatic carbocycles. The number of hydrogen-bond donors (Lipinski definition) is 0. The second-order valence-corrected chi connectivity index (χ2v) is 12.5. The van der Waals surface area contributed by atoms with Crippen LogP contribution in [0.5, 0.6) is 5.75 Å². The molecule has 5 heteroatoms. The van der Waals surface area contributed by atoms with Crippen LogP contribution in [0.15, 0.2) is 18.2 Å². The molecule has 0 fully saturated rings. The number of nitrogens with zero attached hydrogens (tertiary/aromatic N) is 1. The smallest absolute Gasteiger partial charge is 0.258 e. The monoisotopic (exact) mass is 339 g/mol. The first-order valence-corrected chi connectivity index (χ1v) is 10.4. The largest absolute Gasteiger partial charge is 0.541 e. The molecule has 0 atom stereocenters. The molecule has 0 spiro atoms. The maximum atomic E-state index is 14.6. The first kappa shape index (κ1) is 19.7. The second-order valence-electron chi connectivity index (χ2n) is 7.11. The lowest BCUT2D eigenvalue weighted by atomic mass is 10.2. The van der Waals surface area contributed by atoms with E-state index in [4.69, 9.17) is 4.43 Å². The van der Waals surface area contributed by atoms with Crippen molar-refractivity contribution in [2.75, 3.05) is 11.9 Å². The van der Waals surface area contributed by atoms with E-state index in [1.807, 2.05) is 0 Å². The van der Waals surface area contributed by atoms with Gasteiger partial charge in [-0.3, -0.25) is 4.79 Å². The van der Waals surface area contributed by atoms with Gasteiger partial charge in [-0.05, 0) is 28.8 Å². The van der Waals surface area contributed by atoms with Crippen molar-refractivity contribution in [3.63, 3.8) is 0 Å². The van der Waals surface area contributed by atoms with E-state index >= 15 is 0 Å². The Kier molecular flexibility index (Phi) is 6.39. The number of amides is 1. The van der Waals surface area contributed by atoms with Crippen LogP contribution in [0.2, 0.25) is 16.6 Å². The average molecular weight is 340 g/mol. The Labute approximate surface area is 141 Å². The normalized spacial score (nSPS) is 12.2. The minimum absolute atomic E-state index is 0.131. The Balaban J connectivity index is 3.23. The lowest BCUT2D eigenvalue weighted by Gasteiger charge is -2.42. The van der Waals surface area contributed by atoms with E-state index in [0.717, 1.165) is 0 Å². The number of rotatable bonds is 6. The van der Waals surface area contributed by atoms with Gasteiger partial charge in [0.1, 0.15) is 5.75 Å². The summed E-state index contributed by atoms with van der Waals surface area (Å²) in [5, 5.41) is 0. The molecule has 1 aromatic carbocycles. The summed E-state index contributed by atoms with van der Waals surface area (Å²) >= 11 is 0. The van der Waals surface area contributed by atoms with Gasteiger partial charge in [-0.25, -0.2) is 4.39 Å². The summed E-state index contributed by atoms with van der Waals surface area (Å²) in [5.74, 6) is -0.240. The third kappa shape index (κ3) is 3.94. The number of anilines is 1. The summed E-state index contributed by atoms with van der Waals surface area (Å²) in [4.78, 5) is 12.8. The zero-order chi connectivity index (χ0) is 17.9. The maximum Gasteiger partial charge on any atom is 0.258 e. The molecule has 0 bridgehead atoms. The van der Waals surface area contributed by atoms with Crippen molar-refractivity contribution in [2.24, 2.45) is 0 Å². The Morgan fingerprint density at radius 1 is 1.09 bits per heavy atom. The van der Waals surface area contributed by atoms with E-state index in [0.29, 0.717) is 28.1 Å². The van der Waals surface area contributed by atoms with Crippen LogP contribution < -0.4 is 9.33 Å². The minimum Gasteiger partial charge on any atom is -0.541 e. The van der Waals surface area contributed by atoms with E-state index in [1.165, 1.54) is 17.9 Å². The van der Waals surface area contributed by atoms with Crippen molar-refractivity contribution in [1.29, 1.82) is 0 Å². The molecule has 1 rings (SSSR count). The molecule has 1 aromatic rings. The molecule has 0 N–H and O–H groups in total. The van der Waals surface area contributed by atoms with Crippen LogP contribution in [0.3, 0.4) is 0 Å². The SMILES string of the molecule is CC(=O)N(C)c1ccc(O[Si](C(C)C)(C(C)C)C(C)C)c(F)c1. The molecule has 0 saturated carbocycles. The van der Waals surface area contributed by atoms with E-state index in [2.05, 4.69) is 41.5 Å². The van der Waals surface area contributed by atoms with E-state index in [9.17, 15) is 9.18 Å². The van der Waals surface area contributed by atoms with E-state index in [1.54, 1.807) is 19.2 Å². The van der Waals surface area contributed by atoms with Gasteiger partial charge in [0, 0.05) is 25.7 Å². The summed E-state index contributed by atoms with van der Waals surface area (Å²) < 4.78 is 20.9. The Morgan fingerprint density at radius 2 is 1.57 bits per heavy atom. The standard InChI is InChI=1S/C18H30FNO2Si/c1-12(2)23(13(3)4,14(5)6)22-18-10-9-16(11-17(18)19)20(8)15(7)21/h9-14H,1-8H3. The molecule has 3 nitrogen and oxygen atoms in total. The van der Waals surface area contributed by atoms with Gasteiger partial charge in [0.25, 0.3) is 8.32 Å². The van der Waals surface area contributed by atoms with Crippen LogP contribution in [0.4, 0.5) is 10.1 Å². The van der Waals surface area contributed by atoms with Gasteiger partial charge in [-0.1, -0.05) is 41.5 Å². The predicted octanol–water partition coefficient (Wildman–Crippen LogP) is 5.36. The molecule has 23 heavy (non-hydrogen) atoms. The van der Waals surface area contributed by atoms with E-state index < -0.39 is 14.1 Å². The molecular formula is C18H30FNO2Si. The second kappa shape index (κ2) is 7.47. The van der Waals surface area contributed by atoms with Crippen molar-refractivity contribution >= 4 is 19.9 Å². The number of carbonyl (C=O) groups is 1. The third-order valence-electron chi connectivity index (χ3n) is 4.77. The summed E-state index contributed by atoms with van der Waals surface area (Å²) in [7, 11) is -0.555. The van der Waals surface area contributed by atoms with E-state index in [-0.39, 0.29) is 5.91 Å². The molecule has 130 valence electrons. The molecule has 0 heterocycles. The first-order valence-electron chi connectivity index (χ1n) is 8.26. The Morgan fingerprint density at radius 3 is 1.91 bits per heavy atom. The molecule has 0 unspecified atom stereocenters. The molecule has 0 radical (unpaired) electrons. The van der Waals surface area contributed by atoms with Gasteiger partial charge in [-0.2, -0.15) is 0 Å². The summed E-state index contributed by atoms with van der Waals surface area (Å²) in [6, 6.07) is 4.76. The Hall–Kier alpha value is -1.36. The minimum atomic E-state index is -2.19. The van der Waals surface area contributed by atoms with Crippen LogP contribution in [0.1, 0.15) is 48.5 Å². The summed E-state index contributed by atoms with van der Waals surface area (Å²) in [5.41, 5.74) is 1.66. The number of carbonyl (C=O) groups excluding carboxylic acids is 1. The molecule has 0 aromatic heterocycles. The van der Waals surface area contributed by atoms with Gasteiger partial charge in [0.15, 0.2) is 5.82 Å². The molecule has 0 saturated heterocycles. The van der Waals surface area contributed by atoms with Gasteiger partial charge in [0.2, 0.25) is 5.91 Å². The highest BCUT2D eigenvalue weighted by Gasteiger charge is 2.47. The fraction of sp³-hybridized carbons (Fsp3) is 0.611. The third-order valence-corrected chi connectivity index (χ3v) is 10.8. The van der Waals surface area contributed by atoms with Crippen molar-refractivity contribution in [1.82, 2.24) is 0 Å². The average Bonchev–Trinajstić information content (AvgIpc) is 2.43. The van der Waals surface area contributed by atoms with Crippen LogP contribution in [-0.2, 0) is 4.79 Å². The fourth-order valence-electron chi connectivity index (χ4n) is 3.51. The van der Waals surface area contributed by atoms with Crippen molar-refractivity contribution in [3.05, 3.63) is 24.0 Å². The quantitative estimate of drug-likeness (QED) is 0.653. The van der Waals surface area contributed by atoms with Crippen LogP contribution >= 0.6 is 0 Å². The lowest BCUT2D eigenvalue weighted by molar-refractivity contribution is -0.116. The van der Waals surface area contributed by atoms with Crippen LogP contribution in [0.25, 0.3) is 0 Å². The van der Waals surface area contributed by atoms with Crippen LogP contribution in [-0.4, -0.2) is 21.3 Å². The topological polar surface area (TPSA) is 29.5 Å². The highest BCUT2D eigenvalue weighted by molar-refractivity contribution is 6.78. The fourth-order valence-corrected chi connectivity index (χ4v) is 8.76. The molecule has 0 aliphatic heterocycles. The van der Waals surface area contributed by atoms with Crippen molar-refractivity contribution in [2.45, 2.75) is 65.1 Å². The highest BCUT2D eigenvalue weighted by Crippen LogP contribution is 2.43. The first-order chi connectivity index (χ1) is 10.5. The van der Waals surface area contributed by atoms with Gasteiger partial charge in [-0.15, -0.1) is 0 Å². The van der Waals surface area contributed by atoms with Crippen LogP contribution in [0, 0.1) is 5.82 Å². The summed E-state index contributed by atoms with van der Waals surface area (Å²) in [6.07, 6.45) is 0. The Bertz CT molecular complexity index is 536. The van der Waals surface area contributed by atoms with Gasteiger partial charge >= 0.3 is 0 Å². The predicted molar refractivity (Wildman–Crippen MR) is 97.2 cm³/mol. The molecule has 1 amide bonds. The van der Waals surface area contributed by atoms with Gasteiger partial charge in [0.05, 0.1) is 0 Å². The number of halogens is 1. The molecular weight excluding hydrogens is 309 g/mol. The zero-order valence-electron chi connectivity index (χ0n) is 15.6.